The van der Waals surface area contributed by atoms with Gasteiger partial charge in [-0.05, 0) is 30.7 Å². The zero-order valence-corrected chi connectivity index (χ0v) is 14.5. The molecule has 0 atom stereocenters. The van der Waals surface area contributed by atoms with Crippen LogP contribution in [0.4, 0.5) is 0 Å². The Balaban J connectivity index is 0.00000121. The van der Waals surface area contributed by atoms with Gasteiger partial charge in [-0.25, -0.2) is 13.4 Å². The summed E-state index contributed by atoms with van der Waals surface area (Å²) in [5, 5.41) is 0. The van der Waals surface area contributed by atoms with Gasteiger partial charge in [-0.15, -0.1) is 24.8 Å². The monoisotopic (exact) mass is 358 g/mol. The second kappa shape index (κ2) is 6.69. The third kappa shape index (κ3) is 3.43. The highest BCUT2D eigenvalue weighted by atomic mass is 35.5. The molecule has 0 unspecified atom stereocenters. The minimum Gasteiger partial charge on any atom is -0.306 e. The molecule has 0 saturated carbocycles. The Bertz CT molecular complexity index is 888. The number of rotatable bonds is 2. The second-order valence-electron chi connectivity index (χ2n) is 4.84. The summed E-state index contributed by atoms with van der Waals surface area (Å²) in [6, 6.07) is 10.8. The number of aromatic nitrogens is 2. The zero-order chi connectivity index (χ0) is 14.3. The van der Waals surface area contributed by atoms with Crippen LogP contribution in [0.15, 0.2) is 53.7 Å². The van der Waals surface area contributed by atoms with Crippen LogP contribution in [-0.4, -0.2) is 24.1 Å². The Labute approximate surface area is 141 Å². The lowest BCUT2D eigenvalue weighted by atomic mass is 10.2. The van der Waals surface area contributed by atoms with Gasteiger partial charge in [0.15, 0.2) is 9.84 Å². The van der Waals surface area contributed by atoms with Gasteiger partial charge >= 0.3 is 0 Å². The lowest BCUT2D eigenvalue weighted by Crippen LogP contribution is -1.96. The van der Waals surface area contributed by atoms with Crippen molar-refractivity contribution in [2.24, 2.45) is 0 Å². The largest absolute Gasteiger partial charge is 0.306 e. The average Bonchev–Trinajstić information content (AvgIpc) is 2.83. The number of hydrogen-bond acceptors (Lipinski definition) is 3. The number of aryl methyl sites for hydroxylation is 1. The summed E-state index contributed by atoms with van der Waals surface area (Å²) in [6.45, 7) is 2.01. The fraction of sp³-hybridized carbons (Fsp3) is 0.133. The van der Waals surface area contributed by atoms with E-state index in [1.54, 1.807) is 24.3 Å². The van der Waals surface area contributed by atoms with E-state index in [1.807, 2.05) is 35.9 Å². The minimum atomic E-state index is -3.16. The molecule has 0 fully saturated rings. The van der Waals surface area contributed by atoms with Crippen molar-refractivity contribution in [1.82, 2.24) is 9.38 Å². The molecule has 7 heteroatoms. The maximum absolute atomic E-state index is 11.4. The van der Waals surface area contributed by atoms with Gasteiger partial charge in [0, 0.05) is 24.2 Å². The van der Waals surface area contributed by atoms with Gasteiger partial charge in [0.25, 0.3) is 0 Å². The summed E-state index contributed by atoms with van der Waals surface area (Å²) in [7, 11) is -3.16. The van der Waals surface area contributed by atoms with E-state index in [0.29, 0.717) is 4.90 Å². The molecule has 0 bridgehead atoms. The summed E-state index contributed by atoms with van der Waals surface area (Å²) in [4.78, 5) is 4.91. The maximum atomic E-state index is 11.4. The van der Waals surface area contributed by atoms with Gasteiger partial charge in [-0.1, -0.05) is 18.2 Å². The number of imidazole rings is 1. The first kappa shape index (κ1) is 18.5. The van der Waals surface area contributed by atoms with Crippen molar-refractivity contribution in [3.63, 3.8) is 0 Å². The molecule has 3 aromatic rings. The molecule has 2 heterocycles. The standard InChI is InChI=1S/C15H14N2O2S.2ClH/c1-11-4-3-9-17-10-14(16-15(11)17)12-5-7-13(8-6-12)20(2,18)19;;/h3-10H,1-2H3;2*1H. The molecular formula is C15H16Cl2N2O2S. The highest BCUT2D eigenvalue weighted by molar-refractivity contribution is 7.90. The molecule has 0 saturated heterocycles. The van der Waals surface area contributed by atoms with Crippen LogP contribution in [0, 0.1) is 6.92 Å². The predicted molar refractivity (Wildman–Crippen MR) is 93.0 cm³/mol. The number of fused-ring (bicyclic) bond motifs is 1. The molecule has 22 heavy (non-hydrogen) atoms. The third-order valence-corrected chi connectivity index (χ3v) is 4.38. The number of benzene rings is 1. The van der Waals surface area contributed by atoms with E-state index in [0.717, 1.165) is 22.5 Å². The van der Waals surface area contributed by atoms with Gasteiger partial charge in [-0.3, -0.25) is 0 Å². The van der Waals surface area contributed by atoms with Crippen LogP contribution in [0.5, 0.6) is 0 Å². The molecule has 0 spiro atoms. The smallest absolute Gasteiger partial charge is 0.175 e. The molecule has 1 aromatic carbocycles. The summed E-state index contributed by atoms with van der Waals surface area (Å²) >= 11 is 0. The molecule has 0 N–H and O–H groups in total. The van der Waals surface area contributed by atoms with Crippen LogP contribution in [0.25, 0.3) is 16.9 Å². The van der Waals surface area contributed by atoms with Crippen molar-refractivity contribution >= 4 is 40.3 Å². The van der Waals surface area contributed by atoms with E-state index in [2.05, 4.69) is 4.98 Å². The van der Waals surface area contributed by atoms with Gasteiger partial charge in [0.05, 0.1) is 10.6 Å². The van der Waals surface area contributed by atoms with Crippen molar-refractivity contribution < 1.29 is 8.42 Å². The summed E-state index contributed by atoms with van der Waals surface area (Å²) in [5.41, 5.74) is 3.75. The molecular weight excluding hydrogens is 343 g/mol. The van der Waals surface area contributed by atoms with Gasteiger partial charge in [0.1, 0.15) is 5.65 Å². The molecule has 0 amide bonds. The molecule has 0 aliphatic heterocycles. The number of halogens is 2. The van der Waals surface area contributed by atoms with Crippen molar-refractivity contribution in [3.8, 4) is 11.3 Å². The van der Waals surface area contributed by atoms with Crippen molar-refractivity contribution in [1.29, 1.82) is 0 Å². The fourth-order valence-electron chi connectivity index (χ4n) is 2.17. The summed E-state index contributed by atoms with van der Waals surface area (Å²) in [5.74, 6) is 0. The number of hydrogen-bond donors (Lipinski definition) is 0. The number of sulfone groups is 1. The number of pyridine rings is 1. The molecule has 3 rings (SSSR count). The third-order valence-electron chi connectivity index (χ3n) is 3.26. The molecule has 0 radical (unpaired) electrons. The van der Waals surface area contributed by atoms with Crippen LogP contribution < -0.4 is 0 Å². The molecule has 2 aromatic heterocycles. The van der Waals surface area contributed by atoms with E-state index >= 15 is 0 Å². The topological polar surface area (TPSA) is 51.4 Å². The lowest BCUT2D eigenvalue weighted by molar-refractivity contribution is 0.602. The molecule has 0 aliphatic rings. The molecule has 118 valence electrons. The quantitative estimate of drug-likeness (QED) is 0.703. The van der Waals surface area contributed by atoms with Gasteiger partial charge in [0.2, 0.25) is 0 Å². The second-order valence-corrected chi connectivity index (χ2v) is 6.86. The highest BCUT2D eigenvalue weighted by Gasteiger charge is 2.09. The van der Waals surface area contributed by atoms with Crippen LogP contribution in [-0.2, 0) is 9.84 Å². The number of nitrogens with zero attached hydrogens (tertiary/aromatic N) is 2. The van der Waals surface area contributed by atoms with Crippen molar-refractivity contribution in [2.75, 3.05) is 6.26 Å². The van der Waals surface area contributed by atoms with E-state index in [1.165, 1.54) is 6.26 Å². The normalized spacial score (nSPS) is 10.8. The van der Waals surface area contributed by atoms with Crippen LogP contribution in [0.3, 0.4) is 0 Å². The van der Waals surface area contributed by atoms with Crippen molar-refractivity contribution in [2.45, 2.75) is 11.8 Å². The fourth-order valence-corrected chi connectivity index (χ4v) is 2.80. The zero-order valence-electron chi connectivity index (χ0n) is 12.1. The van der Waals surface area contributed by atoms with E-state index < -0.39 is 9.84 Å². The van der Waals surface area contributed by atoms with Crippen LogP contribution in [0.1, 0.15) is 5.56 Å². The van der Waals surface area contributed by atoms with E-state index in [9.17, 15) is 8.42 Å². The molecule has 4 nitrogen and oxygen atoms in total. The Morgan fingerprint density at radius 1 is 1.05 bits per heavy atom. The van der Waals surface area contributed by atoms with Crippen molar-refractivity contribution in [3.05, 3.63) is 54.4 Å². The van der Waals surface area contributed by atoms with Gasteiger partial charge < -0.3 is 4.40 Å². The van der Waals surface area contributed by atoms with Gasteiger partial charge in [-0.2, -0.15) is 0 Å². The lowest BCUT2D eigenvalue weighted by Gasteiger charge is -1.99. The summed E-state index contributed by atoms with van der Waals surface area (Å²) < 4.78 is 24.9. The first-order chi connectivity index (χ1) is 9.45. The van der Waals surface area contributed by atoms with Crippen LogP contribution in [0.2, 0.25) is 0 Å². The molecule has 0 aliphatic carbocycles. The van der Waals surface area contributed by atoms with E-state index in [4.69, 9.17) is 0 Å². The Morgan fingerprint density at radius 2 is 1.68 bits per heavy atom. The first-order valence-electron chi connectivity index (χ1n) is 6.20. The van der Waals surface area contributed by atoms with Crippen LogP contribution >= 0.6 is 24.8 Å². The minimum absolute atomic E-state index is 0. The first-order valence-corrected chi connectivity index (χ1v) is 8.09. The summed E-state index contributed by atoms with van der Waals surface area (Å²) in [6.07, 6.45) is 5.10. The maximum Gasteiger partial charge on any atom is 0.175 e. The SMILES string of the molecule is Cc1cccn2cc(-c3ccc(S(C)(=O)=O)cc3)nc12.Cl.Cl. The Kier molecular flexibility index (Phi) is 5.62. The average molecular weight is 359 g/mol. The Morgan fingerprint density at radius 3 is 2.23 bits per heavy atom. The highest BCUT2D eigenvalue weighted by Crippen LogP contribution is 2.22. The van der Waals surface area contributed by atoms with E-state index in [-0.39, 0.29) is 24.8 Å². The predicted octanol–water partition coefficient (Wildman–Crippen LogP) is 3.56. The Hall–Kier alpha value is -1.56.